The summed E-state index contributed by atoms with van der Waals surface area (Å²) in [5.74, 6) is 0.882. The molecular weight excluding hydrogens is 272 g/mol. The number of piperazine rings is 1. The van der Waals surface area contributed by atoms with Crippen LogP contribution in [0.3, 0.4) is 0 Å². The highest BCUT2D eigenvalue weighted by atomic mass is 15.3. The summed E-state index contributed by atoms with van der Waals surface area (Å²) >= 11 is 0. The van der Waals surface area contributed by atoms with E-state index >= 15 is 0 Å². The Morgan fingerprint density at radius 2 is 1.55 bits per heavy atom. The predicted octanol–water partition coefficient (Wildman–Crippen LogP) is 1.48. The molecule has 128 valence electrons. The Morgan fingerprint density at radius 3 is 2.23 bits per heavy atom. The fraction of sp³-hybridized carbons (Fsp3) is 1.00. The lowest BCUT2D eigenvalue weighted by Gasteiger charge is -2.43. The maximum Gasteiger partial charge on any atom is 0.0261 e. The number of rotatable bonds is 4. The van der Waals surface area contributed by atoms with Gasteiger partial charge in [-0.05, 0) is 51.4 Å². The van der Waals surface area contributed by atoms with Gasteiger partial charge in [0.2, 0.25) is 0 Å². The van der Waals surface area contributed by atoms with Crippen molar-refractivity contribution in [2.24, 2.45) is 5.92 Å². The van der Waals surface area contributed by atoms with E-state index in [0.717, 1.165) is 12.0 Å². The van der Waals surface area contributed by atoms with E-state index in [0.29, 0.717) is 0 Å². The maximum absolute atomic E-state index is 3.67. The van der Waals surface area contributed by atoms with Gasteiger partial charge in [-0.1, -0.05) is 19.8 Å². The molecule has 0 bridgehead atoms. The molecule has 3 aliphatic rings. The van der Waals surface area contributed by atoms with Crippen molar-refractivity contribution in [3.8, 4) is 0 Å². The Morgan fingerprint density at radius 1 is 0.864 bits per heavy atom. The molecule has 0 saturated carbocycles. The van der Waals surface area contributed by atoms with E-state index in [1.807, 2.05) is 0 Å². The fourth-order valence-electron chi connectivity index (χ4n) is 4.58. The number of hydrogen-bond acceptors (Lipinski definition) is 4. The largest absolute Gasteiger partial charge is 0.315 e. The average Bonchev–Trinajstić information content (AvgIpc) is 2.85. The highest BCUT2D eigenvalue weighted by molar-refractivity contribution is 4.89. The van der Waals surface area contributed by atoms with Gasteiger partial charge in [-0.15, -0.1) is 0 Å². The van der Waals surface area contributed by atoms with Crippen molar-refractivity contribution in [2.45, 2.75) is 45.1 Å². The maximum atomic E-state index is 3.67. The first-order valence-electron chi connectivity index (χ1n) is 9.76. The molecule has 0 amide bonds. The molecule has 2 atom stereocenters. The molecule has 0 aliphatic carbocycles. The van der Waals surface area contributed by atoms with Gasteiger partial charge in [-0.3, -0.25) is 4.90 Å². The minimum absolute atomic E-state index is 0.788. The van der Waals surface area contributed by atoms with Gasteiger partial charge in [0.15, 0.2) is 0 Å². The van der Waals surface area contributed by atoms with Crippen molar-refractivity contribution in [1.82, 2.24) is 20.0 Å². The molecule has 0 radical (unpaired) electrons. The molecule has 3 fully saturated rings. The Bertz CT molecular complexity index is 306. The van der Waals surface area contributed by atoms with E-state index in [1.54, 1.807) is 0 Å². The first kappa shape index (κ1) is 16.7. The topological polar surface area (TPSA) is 21.8 Å². The summed E-state index contributed by atoms with van der Waals surface area (Å²) in [6.07, 6.45) is 7.09. The van der Waals surface area contributed by atoms with Crippen LogP contribution in [0.4, 0.5) is 0 Å². The molecule has 1 N–H and O–H groups in total. The molecule has 4 nitrogen and oxygen atoms in total. The van der Waals surface area contributed by atoms with Crippen LogP contribution in [0.25, 0.3) is 0 Å². The summed E-state index contributed by atoms with van der Waals surface area (Å²) in [4.78, 5) is 8.16. The minimum Gasteiger partial charge on any atom is -0.315 e. The smallest absolute Gasteiger partial charge is 0.0261 e. The van der Waals surface area contributed by atoms with Crippen LogP contribution in [0.1, 0.15) is 39.0 Å². The number of nitrogens with zero attached hydrogens (tertiary/aromatic N) is 3. The number of likely N-dealkylation sites (tertiary alicyclic amines) is 1. The molecule has 0 spiro atoms. The molecule has 4 heteroatoms. The summed E-state index contributed by atoms with van der Waals surface area (Å²) < 4.78 is 0. The van der Waals surface area contributed by atoms with Gasteiger partial charge in [0.05, 0.1) is 0 Å². The van der Waals surface area contributed by atoms with Crippen LogP contribution in [0.2, 0.25) is 0 Å². The zero-order valence-electron chi connectivity index (χ0n) is 14.6. The highest BCUT2D eigenvalue weighted by Crippen LogP contribution is 2.23. The fourth-order valence-corrected chi connectivity index (χ4v) is 4.58. The van der Waals surface area contributed by atoms with Gasteiger partial charge in [0.25, 0.3) is 0 Å². The zero-order chi connectivity index (χ0) is 15.2. The van der Waals surface area contributed by atoms with Crippen molar-refractivity contribution < 1.29 is 0 Å². The first-order valence-corrected chi connectivity index (χ1v) is 9.76. The van der Waals surface area contributed by atoms with E-state index in [2.05, 4.69) is 26.9 Å². The third-order valence-corrected chi connectivity index (χ3v) is 6.10. The van der Waals surface area contributed by atoms with Crippen LogP contribution in [0.15, 0.2) is 0 Å². The minimum atomic E-state index is 0.788. The van der Waals surface area contributed by atoms with Crippen LogP contribution in [-0.2, 0) is 0 Å². The second-order valence-electron chi connectivity index (χ2n) is 7.51. The molecule has 0 aromatic heterocycles. The van der Waals surface area contributed by atoms with Crippen LogP contribution in [-0.4, -0.2) is 86.2 Å². The Balaban J connectivity index is 1.53. The van der Waals surface area contributed by atoms with E-state index in [9.17, 15) is 0 Å². The molecule has 22 heavy (non-hydrogen) atoms. The molecule has 2 unspecified atom stereocenters. The van der Waals surface area contributed by atoms with Crippen LogP contribution in [0.5, 0.6) is 0 Å². The second kappa shape index (κ2) is 8.62. The van der Waals surface area contributed by atoms with Crippen molar-refractivity contribution in [2.75, 3.05) is 65.4 Å². The number of likely N-dealkylation sites (N-methyl/N-ethyl adjacent to an activating group) is 1. The molecule has 0 aromatic carbocycles. The summed E-state index contributed by atoms with van der Waals surface area (Å²) in [6.45, 7) is 15.1. The number of piperidine rings is 1. The number of hydrogen-bond donors (Lipinski definition) is 1. The quantitative estimate of drug-likeness (QED) is 0.849. The SMILES string of the molecule is CCN1CCN(CC2CCNCC2N2CCCCCC2)CC1. The van der Waals surface area contributed by atoms with Gasteiger partial charge in [0, 0.05) is 45.3 Å². The van der Waals surface area contributed by atoms with E-state index in [4.69, 9.17) is 0 Å². The van der Waals surface area contributed by atoms with Crippen LogP contribution < -0.4 is 5.32 Å². The lowest BCUT2D eigenvalue weighted by Crippen LogP contribution is -2.56. The van der Waals surface area contributed by atoms with Gasteiger partial charge in [0.1, 0.15) is 0 Å². The summed E-state index contributed by atoms with van der Waals surface area (Å²) in [5.41, 5.74) is 0. The Labute approximate surface area is 137 Å². The van der Waals surface area contributed by atoms with Gasteiger partial charge in [-0.25, -0.2) is 0 Å². The molecule has 3 saturated heterocycles. The molecule has 3 rings (SSSR count). The van der Waals surface area contributed by atoms with Gasteiger partial charge < -0.3 is 15.1 Å². The van der Waals surface area contributed by atoms with Crippen molar-refractivity contribution in [1.29, 1.82) is 0 Å². The lowest BCUT2D eigenvalue weighted by molar-refractivity contribution is 0.0656. The van der Waals surface area contributed by atoms with E-state index in [1.165, 1.54) is 97.6 Å². The normalized spacial score (nSPS) is 33.7. The third-order valence-electron chi connectivity index (χ3n) is 6.10. The van der Waals surface area contributed by atoms with Crippen molar-refractivity contribution >= 4 is 0 Å². The average molecular weight is 309 g/mol. The zero-order valence-corrected chi connectivity index (χ0v) is 14.6. The molecule has 3 heterocycles. The second-order valence-corrected chi connectivity index (χ2v) is 7.51. The standard InChI is InChI=1S/C18H36N4/c1-2-20-11-13-21(14-12-20)16-17-7-8-19-15-18(17)22-9-5-3-4-6-10-22/h17-19H,2-16H2,1H3. The molecular formula is C18H36N4. The van der Waals surface area contributed by atoms with Crippen molar-refractivity contribution in [3.63, 3.8) is 0 Å². The monoisotopic (exact) mass is 308 g/mol. The third kappa shape index (κ3) is 4.44. The summed E-state index contributed by atoms with van der Waals surface area (Å²) in [5, 5.41) is 3.67. The van der Waals surface area contributed by atoms with Gasteiger partial charge >= 0.3 is 0 Å². The lowest BCUT2D eigenvalue weighted by atomic mass is 9.90. The molecule has 3 aliphatic heterocycles. The molecule has 0 aromatic rings. The van der Waals surface area contributed by atoms with E-state index < -0.39 is 0 Å². The van der Waals surface area contributed by atoms with Crippen LogP contribution >= 0.6 is 0 Å². The summed E-state index contributed by atoms with van der Waals surface area (Å²) in [6, 6.07) is 0.788. The van der Waals surface area contributed by atoms with Crippen LogP contribution in [0, 0.1) is 5.92 Å². The first-order chi connectivity index (χ1) is 10.9. The number of nitrogens with one attached hydrogen (secondary N) is 1. The highest BCUT2D eigenvalue weighted by Gasteiger charge is 2.32. The van der Waals surface area contributed by atoms with Crippen molar-refractivity contribution in [3.05, 3.63) is 0 Å². The predicted molar refractivity (Wildman–Crippen MR) is 93.4 cm³/mol. The Kier molecular flexibility index (Phi) is 6.54. The van der Waals surface area contributed by atoms with Gasteiger partial charge in [-0.2, -0.15) is 0 Å². The Hall–Kier alpha value is -0.160. The summed E-state index contributed by atoms with van der Waals surface area (Å²) in [7, 11) is 0. The van der Waals surface area contributed by atoms with E-state index in [-0.39, 0.29) is 0 Å².